The lowest BCUT2D eigenvalue weighted by molar-refractivity contribution is -0.275. The zero-order valence-corrected chi connectivity index (χ0v) is 10.9. The van der Waals surface area contributed by atoms with E-state index in [2.05, 4.69) is 4.74 Å². The smallest absolute Gasteiger partial charge is 0.402 e. The van der Waals surface area contributed by atoms with Gasteiger partial charge in [0.15, 0.2) is 11.6 Å². The molecule has 0 spiro atoms. The molecule has 0 heterocycles. The van der Waals surface area contributed by atoms with E-state index >= 15 is 0 Å². The van der Waals surface area contributed by atoms with Crippen molar-refractivity contribution in [2.75, 3.05) is 5.73 Å². The second-order valence-electron chi connectivity index (χ2n) is 4.79. The fourth-order valence-electron chi connectivity index (χ4n) is 2.13. The average Bonchev–Trinajstić information content (AvgIpc) is 2.30. The zero-order chi connectivity index (χ0) is 15.1. The number of fused-ring (bicyclic) bond motifs is 1. The van der Waals surface area contributed by atoms with Crippen LogP contribution in [0.5, 0.6) is 5.75 Å². The summed E-state index contributed by atoms with van der Waals surface area (Å²) in [7, 11) is 0. The van der Waals surface area contributed by atoms with Crippen LogP contribution in [0.2, 0.25) is 0 Å². The lowest BCUT2D eigenvalue weighted by atomic mass is 9.94. The third-order valence-electron chi connectivity index (χ3n) is 2.91. The maximum atomic E-state index is 13.7. The Labute approximate surface area is 113 Å². The van der Waals surface area contributed by atoms with Gasteiger partial charge in [-0.05, 0) is 35.1 Å². The monoisotopic (exact) mass is 287 g/mol. The summed E-state index contributed by atoms with van der Waals surface area (Å²) in [6, 6.07) is 5.35. The summed E-state index contributed by atoms with van der Waals surface area (Å²) in [5, 5.41) is 0.515. The molecule has 2 aromatic rings. The first-order valence-electron chi connectivity index (χ1n) is 5.96. The van der Waals surface area contributed by atoms with Crippen LogP contribution in [0.4, 0.5) is 23.2 Å². The SMILES string of the molecule is CC(C)c1cc(N)cc2ccc(F)c(OC(F)(F)F)c12. The van der Waals surface area contributed by atoms with Crippen molar-refractivity contribution in [3.8, 4) is 5.75 Å². The maximum Gasteiger partial charge on any atom is 0.573 e. The van der Waals surface area contributed by atoms with Gasteiger partial charge in [-0.1, -0.05) is 19.9 Å². The van der Waals surface area contributed by atoms with Crippen molar-refractivity contribution in [1.82, 2.24) is 0 Å². The van der Waals surface area contributed by atoms with Crippen LogP contribution in [-0.4, -0.2) is 6.36 Å². The summed E-state index contributed by atoms with van der Waals surface area (Å²) in [5.41, 5.74) is 6.64. The molecule has 0 fully saturated rings. The van der Waals surface area contributed by atoms with Crippen molar-refractivity contribution in [3.05, 3.63) is 35.6 Å². The third kappa shape index (κ3) is 2.79. The molecule has 2 nitrogen and oxygen atoms in total. The van der Waals surface area contributed by atoms with E-state index in [-0.39, 0.29) is 11.3 Å². The van der Waals surface area contributed by atoms with Gasteiger partial charge in [0.25, 0.3) is 0 Å². The van der Waals surface area contributed by atoms with Gasteiger partial charge in [0.1, 0.15) is 0 Å². The largest absolute Gasteiger partial charge is 0.573 e. The molecule has 2 aromatic carbocycles. The summed E-state index contributed by atoms with van der Waals surface area (Å²) < 4.78 is 54.9. The predicted octanol–water partition coefficient (Wildman–Crippen LogP) is 4.58. The molecule has 0 aliphatic carbocycles. The lowest BCUT2D eigenvalue weighted by Crippen LogP contribution is -2.18. The standard InChI is InChI=1S/C14H13F4NO/c1-7(2)10-6-9(19)5-8-3-4-11(15)13(12(8)10)20-14(16,17)18/h3-7H,19H2,1-2H3. The Kier molecular flexibility index (Phi) is 3.50. The molecule has 0 radical (unpaired) electrons. The second-order valence-corrected chi connectivity index (χ2v) is 4.79. The number of hydrogen-bond acceptors (Lipinski definition) is 2. The van der Waals surface area contributed by atoms with Gasteiger partial charge < -0.3 is 10.5 Å². The maximum absolute atomic E-state index is 13.7. The second kappa shape index (κ2) is 4.85. The van der Waals surface area contributed by atoms with E-state index in [0.29, 0.717) is 16.6 Å². The minimum Gasteiger partial charge on any atom is -0.402 e. The highest BCUT2D eigenvalue weighted by molar-refractivity contribution is 5.94. The van der Waals surface area contributed by atoms with Gasteiger partial charge in [-0.3, -0.25) is 0 Å². The van der Waals surface area contributed by atoms with Crippen molar-refractivity contribution in [1.29, 1.82) is 0 Å². The Morgan fingerprint density at radius 3 is 2.35 bits per heavy atom. The molecule has 0 saturated heterocycles. The summed E-state index contributed by atoms with van der Waals surface area (Å²) in [4.78, 5) is 0. The Balaban J connectivity index is 2.81. The molecule has 0 aliphatic heterocycles. The van der Waals surface area contributed by atoms with Crippen LogP contribution in [0.3, 0.4) is 0 Å². The van der Waals surface area contributed by atoms with Gasteiger partial charge in [0, 0.05) is 11.1 Å². The van der Waals surface area contributed by atoms with Gasteiger partial charge in [-0.15, -0.1) is 13.2 Å². The van der Waals surface area contributed by atoms with Crippen molar-refractivity contribution in [2.24, 2.45) is 0 Å². The summed E-state index contributed by atoms with van der Waals surface area (Å²) in [6.45, 7) is 3.58. The van der Waals surface area contributed by atoms with E-state index in [4.69, 9.17) is 5.73 Å². The van der Waals surface area contributed by atoms with Crippen LogP contribution in [0.1, 0.15) is 25.3 Å². The van der Waals surface area contributed by atoms with E-state index in [1.807, 2.05) is 0 Å². The number of anilines is 1. The highest BCUT2D eigenvalue weighted by Gasteiger charge is 2.33. The van der Waals surface area contributed by atoms with E-state index in [9.17, 15) is 17.6 Å². The molecule has 0 aliphatic rings. The molecular weight excluding hydrogens is 274 g/mol. The van der Waals surface area contributed by atoms with E-state index in [1.165, 1.54) is 18.2 Å². The molecule has 108 valence electrons. The Hall–Kier alpha value is -1.98. The lowest BCUT2D eigenvalue weighted by Gasteiger charge is -2.17. The fourth-order valence-corrected chi connectivity index (χ4v) is 2.13. The topological polar surface area (TPSA) is 35.2 Å². The number of hydrogen-bond donors (Lipinski definition) is 1. The van der Waals surface area contributed by atoms with Crippen LogP contribution in [0.15, 0.2) is 24.3 Å². The predicted molar refractivity (Wildman–Crippen MR) is 69.1 cm³/mol. The zero-order valence-electron chi connectivity index (χ0n) is 10.9. The first-order chi connectivity index (χ1) is 9.19. The van der Waals surface area contributed by atoms with Gasteiger partial charge in [0.05, 0.1) is 0 Å². The van der Waals surface area contributed by atoms with E-state index in [0.717, 1.165) is 6.07 Å². The molecule has 0 bridgehead atoms. The minimum absolute atomic E-state index is 0.103. The highest BCUT2D eigenvalue weighted by Crippen LogP contribution is 2.39. The van der Waals surface area contributed by atoms with Gasteiger partial charge in [-0.2, -0.15) is 0 Å². The fraction of sp³-hybridized carbons (Fsp3) is 0.286. The summed E-state index contributed by atoms with van der Waals surface area (Å²) >= 11 is 0. The van der Waals surface area contributed by atoms with Crippen LogP contribution >= 0.6 is 0 Å². The highest BCUT2D eigenvalue weighted by atomic mass is 19.4. The van der Waals surface area contributed by atoms with Crippen LogP contribution in [0.25, 0.3) is 10.8 Å². The molecule has 2 N–H and O–H groups in total. The van der Waals surface area contributed by atoms with Crippen molar-refractivity contribution in [2.45, 2.75) is 26.1 Å². The van der Waals surface area contributed by atoms with Crippen molar-refractivity contribution < 1.29 is 22.3 Å². The number of ether oxygens (including phenoxy) is 1. The number of rotatable bonds is 2. The molecule has 2 rings (SSSR count). The first-order valence-corrected chi connectivity index (χ1v) is 5.96. The molecule has 0 unspecified atom stereocenters. The number of alkyl halides is 3. The Bertz CT molecular complexity index is 650. The molecular formula is C14H13F4NO. The van der Waals surface area contributed by atoms with Gasteiger partial charge in [-0.25, -0.2) is 4.39 Å². The third-order valence-corrected chi connectivity index (χ3v) is 2.91. The molecule has 0 aromatic heterocycles. The number of benzene rings is 2. The molecule has 20 heavy (non-hydrogen) atoms. The van der Waals surface area contributed by atoms with Crippen molar-refractivity contribution in [3.63, 3.8) is 0 Å². The normalized spacial score (nSPS) is 12.2. The van der Waals surface area contributed by atoms with E-state index < -0.39 is 17.9 Å². The Morgan fingerprint density at radius 1 is 1.15 bits per heavy atom. The summed E-state index contributed by atoms with van der Waals surface area (Å²) in [5.74, 6) is -1.99. The quantitative estimate of drug-likeness (QED) is 0.648. The van der Waals surface area contributed by atoms with Crippen LogP contribution < -0.4 is 10.5 Å². The van der Waals surface area contributed by atoms with E-state index in [1.54, 1.807) is 13.8 Å². The average molecular weight is 287 g/mol. The van der Waals surface area contributed by atoms with Crippen LogP contribution in [-0.2, 0) is 0 Å². The number of nitrogens with two attached hydrogens (primary N) is 1. The van der Waals surface area contributed by atoms with Gasteiger partial charge >= 0.3 is 6.36 Å². The molecule has 6 heteroatoms. The molecule has 0 amide bonds. The summed E-state index contributed by atoms with van der Waals surface area (Å²) in [6.07, 6.45) is -4.95. The number of nitrogen functional groups attached to an aromatic ring is 1. The Morgan fingerprint density at radius 2 is 1.80 bits per heavy atom. The first kappa shape index (κ1) is 14.4. The molecule has 0 atom stereocenters. The van der Waals surface area contributed by atoms with Gasteiger partial charge in [0.2, 0.25) is 0 Å². The minimum atomic E-state index is -4.95. The number of halogens is 4. The molecule has 0 saturated carbocycles. The van der Waals surface area contributed by atoms with Crippen LogP contribution in [0, 0.1) is 5.82 Å². The van der Waals surface area contributed by atoms with Crippen molar-refractivity contribution >= 4 is 16.5 Å².